The number of carbonyl (C=O) groups is 1. The lowest BCUT2D eigenvalue weighted by Crippen LogP contribution is -2.33. The predicted octanol–water partition coefficient (Wildman–Crippen LogP) is 3.20. The summed E-state index contributed by atoms with van der Waals surface area (Å²) in [4.78, 5) is 11.8. The lowest BCUT2D eigenvalue weighted by atomic mass is 10.0. The molecule has 1 aliphatic carbocycles. The van der Waals surface area contributed by atoms with E-state index in [9.17, 15) is 13.2 Å². The third-order valence-electron chi connectivity index (χ3n) is 5.55. The van der Waals surface area contributed by atoms with Gasteiger partial charge in [-0.1, -0.05) is 12.1 Å². The highest BCUT2D eigenvalue weighted by Gasteiger charge is 2.33. The Kier molecular flexibility index (Phi) is 5.35. The van der Waals surface area contributed by atoms with E-state index in [-0.39, 0.29) is 29.9 Å². The number of hydrogen-bond donors (Lipinski definition) is 3. The molecule has 2 atom stereocenters. The van der Waals surface area contributed by atoms with Crippen LogP contribution in [0.25, 0.3) is 0 Å². The second-order valence-electron chi connectivity index (χ2n) is 8.21. The third kappa shape index (κ3) is 4.09. The van der Waals surface area contributed by atoms with Gasteiger partial charge in [0.15, 0.2) is 5.82 Å². The van der Waals surface area contributed by atoms with Gasteiger partial charge in [-0.15, -0.1) is 0 Å². The molecule has 1 aromatic heterocycles. The second-order valence-corrected chi connectivity index (χ2v) is 10.2. The molecule has 2 heterocycles. The molecule has 10 heteroatoms. The van der Waals surface area contributed by atoms with E-state index in [1.165, 1.54) is 4.31 Å². The largest absolute Gasteiger partial charge is 0.446 e. The first-order valence-electron chi connectivity index (χ1n) is 10.1. The summed E-state index contributed by atoms with van der Waals surface area (Å²) in [6.07, 6.45) is 1.98. The number of alkyl carbamates (subject to hydrolysis) is 1. The Balaban J connectivity index is 1.42. The number of aromatic amines is 1. The highest BCUT2D eigenvalue weighted by Crippen LogP contribution is 2.40. The number of H-pyrrole nitrogens is 1. The van der Waals surface area contributed by atoms with Crippen molar-refractivity contribution in [2.75, 3.05) is 16.7 Å². The fraction of sp³-hybridized carbons (Fsp3) is 0.500. The number of rotatable bonds is 5. The molecule has 1 aromatic carbocycles. The van der Waals surface area contributed by atoms with Crippen LogP contribution in [0.5, 0.6) is 0 Å². The average molecular weight is 434 g/mol. The Morgan fingerprint density at radius 1 is 1.33 bits per heavy atom. The number of benzene rings is 1. The van der Waals surface area contributed by atoms with E-state index in [0.717, 1.165) is 30.5 Å². The predicted molar refractivity (Wildman–Crippen MR) is 114 cm³/mol. The highest BCUT2D eigenvalue weighted by molar-refractivity contribution is 7.92. The van der Waals surface area contributed by atoms with Gasteiger partial charge in [0, 0.05) is 30.8 Å². The first kappa shape index (κ1) is 20.5. The number of fused-ring (bicyclic) bond motifs is 1. The van der Waals surface area contributed by atoms with E-state index >= 15 is 0 Å². The minimum absolute atomic E-state index is 0.00795. The van der Waals surface area contributed by atoms with Crippen LogP contribution in [0.15, 0.2) is 24.3 Å². The monoisotopic (exact) mass is 433 g/mol. The summed E-state index contributed by atoms with van der Waals surface area (Å²) in [6, 6.07) is 7.49. The molecule has 2 aliphatic rings. The van der Waals surface area contributed by atoms with Crippen molar-refractivity contribution in [2.24, 2.45) is 0 Å². The van der Waals surface area contributed by atoms with Crippen molar-refractivity contribution in [1.82, 2.24) is 15.5 Å². The molecule has 3 N–H and O–H groups in total. The number of hydrogen-bond acceptors (Lipinski definition) is 6. The molecule has 0 bridgehead atoms. The summed E-state index contributed by atoms with van der Waals surface area (Å²) in [5.41, 5.74) is 3.11. The Morgan fingerprint density at radius 3 is 2.90 bits per heavy atom. The molecule has 1 fully saturated rings. The molecular formula is C20H27N5O4S. The van der Waals surface area contributed by atoms with Gasteiger partial charge < -0.3 is 15.4 Å². The van der Waals surface area contributed by atoms with Crippen LogP contribution in [0.2, 0.25) is 0 Å². The summed E-state index contributed by atoms with van der Waals surface area (Å²) < 4.78 is 31.2. The Labute approximate surface area is 176 Å². The molecule has 30 heavy (non-hydrogen) atoms. The first-order valence-corrected chi connectivity index (χ1v) is 11.7. The van der Waals surface area contributed by atoms with Crippen LogP contribution in [0.3, 0.4) is 0 Å². The molecule has 4 rings (SSSR count). The maximum Gasteiger partial charge on any atom is 0.407 e. The molecular weight excluding hydrogens is 406 g/mol. The number of carbonyl (C=O) groups excluding carboxylic acids is 1. The Hall–Kier alpha value is -2.75. The highest BCUT2D eigenvalue weighted by atomic mass is 32.2. The molecule has 1 unspecified atom stereocenters. The molecule has 0 radical (unpaired) electrons. The summed E-state index contributed by atoms with van der Waals surface area (Å²) in [6.45, 7) is 3.79. The maximum absolute atomic E-state index is 12.2. The normalized spacial score (nSPS) is 22.2. The Bertz CT molecular complexity index is 1050. The number of nitrogens with zero attached hydrogens (tertiary/aromatic N) is 2. The third-order valence-corrected chi connectivity index (χ3v) is 7.25. The minimum Gasteiger partial charge on any atom is -0.446 e. The van der Waals surface area contributed by atoms with E-state index in [4.69, 9.17) is 4.74 Å². The molecule has 2 aromatic rings. The number of para-hydroxylation sites is 1. The summed E-state index contributed by atoms with van der Waals surface area (Å²) >= 11 is 0. The van der Waals surface area contributed by atoms with Crippen LogP contribution in [-0.2, 0) is 20.5 Å². The average Bonchev–Trinajstić information content (AvgIpc) is 3.34. The standard InChI is InChI=1S/C20H27N5O4S/c1-12(2)21-20(26)29-15-8-7-13(9-15)17-10-18(24-23-17)22-16-6-4-5-14-11-30(27,28)25(3)19(14)16/h4-6,10,12-13,15H,7-9,11H2,1-3H3,(H,21,26)(H2,22,23,24)/t13-,15?/m0/s1. The number of nitrogens with one attached hydrogen (secondary N) is 3. The van der Waals surface area contributed by atoms with Crippen molar-refractivity contribution in [1.29, 1.82) is 0 Å². The molecule has 1 aliphatic heterocycles. The number of sulfonamides is 1. The molecule has 9 nitrogen and oxygen atoms in total. The van der Waals surface area contributed by atoms with E-state index in [1.807, 2.05) is 38.1 Å². The Morgan fingerprint density at radius 2 is 2.13 bits per heavy atom. The van der Waals surface area contributed by atoms with E-state index < -0.39 is 10.0 Å². The van der Waals surface area contributed by atoms with Crippen LogP contribution in [-0.4, -0.2) is 43.9 Å². The van der Waals surface area contributed by atoms with Crippen molar-refractivity contribution < 1.29 is 17.9 Å². The zero-order chi connectivity index (χ0) is 21.5. The lowest BCUT2D eigenvalue weighted by molar-refractivity contribution is 0.0981. The van der Waals surface area contributed by atoms with Gasteiger partial charge in [-0.25, -0.2) is 13.2 Å². The van der Waals surface area contributed by atoms with E-state index in [0.29, 0.717) is 17.2 Å². The van der Waals surface area contributed by atoms with Crippen molar-refractivity contribution in [3.63, 3.8) is 0 Å². The second kappa shape index (κ2) is 7.82. The van der Waals surface area contributed by atoms with Crippen molar-refractivity contribution >= 4 is 33.3 Å². The van der Waals surface area contributed by atoms with Crippen molar-refractivity contribution in [2.45, 2.75) is 56.9 Å². The smallest absolute Gasteiger partial charge is 0.407 e. The molecule has 162 valence electrons. The van der Waals surface area contributed by atoms with Gasteiger partial charge in [0.05, 0.1) is 17.1 Å². The number of amides is 1. The van der Waals surface area contributed by atoms with Crippen LogP contribution >= 0.6 is 0 Å². The van der Waals surface area contributed by atoms with Crippen LogP contribution in [0.4, 0.5) is 22.0 Å². The lowest BCUT2D eigenvalue weighted by Gasteiger charge is -2.16. The van der Waals surface area contributed by atoms with Crippen LogP contribution in [0, 0.1) is 0 Å². The summed E-state index contributed by atoms with van der Waals surface area (Å²) in [7, 11) is -1.75. The van der Waals surface area contributed by atoms with Crippen molar-refractivity contribution in [3.8, 4) is 0 Å². The SMILES string of the molecule is CC(C)NC(=O)OC1CC[C@H](c2cc(Nc3cccc4c3N(C)S(=O)(=O)C4)n[nH]2)C1. The van der Waals surface area contributed by atoms with Gasteiger partial charge in [-0.3, -0.25) is 9.40 Å². The van der Waals surface area contributed by atoms with Gasteiger partial charge in [0.25, 0.3) is 0 Å². The molecule has 0 saturated heterocycles. The number of aromatic nitrogens is 2. The van der Waals surface area contributed by atoms with E-state index in [2.05, 4.69) is 20.8 Å². The van der Waals surface area contributed by atoms with E-state index in [1.54, 1.807) is 7.05 Å². The molecule has 1 saturated carbocycles. The van der Waals surface area contributed by atoms with Gasteiger partial charge in [0.2, 0.25) is 10.0 Å². The van der Waals surface area contributed by atoms with Crippen LogP contribution < -0.4 is 14.9 Å². The quantitative estimate of drug-likeness (QED) is 0.667. The number of anilines is 3. The minimum atomic E-state index is -3.31. The van der Waals surface area contributed by atoms with Crippen LogP contribution in [0.1, 0.15) is 50.3 Å². The van der Waals surface area contributed by atoms with Gasteiger partial charge in [-0.2, -0.15) is 5.10 Å². The molecule has 0 spiro atoms. The molecule has 1 amide bonds. The first-order chi connectivity index (χ1) is 14.2. The van der Waals surface area contributed by atoms with Gasteiger partial charge in [-0.05, 0) is 44.7 Å². The number of ether oxygens (including phenoxy) is 1. The zero-order valence-electron chi connectivity index (χ0n) is 17.3. The maximum atomic E-state index is 12.2. The zero-order valence-corrected chi connectivity index (χ0v) is 18.1. The van der Waals surface area contributed by atoms with Crippen molar-refractivity contribution in [3.05, 3.63) is 35.5 Å². The summed E-state index contributed by atoms with van der Waals surface area (Å²) in [5, 5.41) is 13.4. The summed E-state index contributed by atoms with van der Waals surface area (Å²) in [5.74, 6) is 0.862. The fourth-order valence-corrected chi connectivity index (χ4v) is 5.42. The fourth-order valence-electron chi connectivity index (χ4n) is 4.11. The van der Waals surface area contributed by atoms with Gasteiger partial charge in [0.1, 0.15) is 6.10 Å². The topological polar surface area (TPSA) is 116 Å². The van der Waals surface area contributed by atoms with Gasteiger partial charge >= 0.3 is 6.09 Å².